The minimum Gasteiger partial charge on any atom is -0.497 e. The number of benzene rings is 2. The number of anilines is 2. The standard InChI is InChI=1S/C20H17N5O/c1-13-3-7-15(8-4-13)22-19-17(11-21)20-23-18(12-25(20)24-19)14-5-9-16(26-2)10-6-14/h3-10,12,22,24H,1-2H3. The molecule has 0 aliphatic heterocycles. The van der Waals surface area contributed by atoms with Crippen LogP contribution in [0.25, 0.3) is 16.9 Å². The van der Waals surface area contributed by atoms with E-state index in [1.165, 1.54) is 5.56 Å². The Morgan fingerprint density at radius 2 is 1.85 bits per heavy atom. The molecule has 0 fully saturated rings. The van der Waals surface area contributed by atoms with Crippen molar-refractivity contribution in [1.82, 2.24) is 14.6 Å². The van der Waals surface area contributed by atoms with Crippen LogP contribution in [0.2, 0.25) is 0 Å². The average Bonchev–Trinajstić information content (AvgIpc) is 3.21. The summed E-state index contributed by atoms with van der Waals surface area (Å²) in [5.74, 6) is 1.42. The second-order valence-electron chi connectivity index (χ2n) is 6.01. The summed E-state index contributed by atoms with van der Waals surface area (Å²) in [6.07, 6.45) is 1.87. The Balaban J connectivity index is 1.70. The summed E-state index contributed by atoms with van der Waals surface area (Å²) < 4.78 is 6.94. The van der Waals surface area contributed by atoms with Crippen molar-refractivity contribution in [1.29, 1.82) is 5.26 Å². The van der Waals surface area contributed by atoms with Crippen molar-refractivity contribution in [2.24, 2.45) is 0 Å². The zero-order chi connectivity index (χ0) is 18.1. The molecule has 128 valence electrons. The van der Waals surface area contributed by atoms with Gasteiger partial charge in [-0.05, 0) is 43.3 Å². The minimum absolute atomic E-state index is 0.477. The molecule has 6 nitrogen and oxygen atoms in total. The average molecular weight is 343 g/mol. The molecule has 0 spiro atoms. The SMILES string of the molecule is COc1ccc(-c2cn3[nH]c(Nc4ccc(C)cc4)c(C#N)c3n2)cc1. The molecule has 2 aromatic heterocycles. The van der Waals surface area contributed by atoms with Gasteiger partial charge >= 0.3 is 0 Å². The molecule has 4 aromatic rings. The third-order valence-corrected chi connectivity index (χ3v) is 4.23. The molecule has 0 unspecified atom stereocenters. The van der Waals surface area contributed by atoms with Crippen LogP contribution in [0.5, 0.6) is 5.75 Å². The summed E-state index contributed by atoms with van der Waals surface area (Å²) in [7, 11) is 1.64. The van der Waals surface area contributed by atoms with E-state index in [1.54, 1.807) is 11.6 Å². The monoisotopic (exact) mass is 343 g/mol. The smallest absolute Gasteiger partial charge is 0.173 e. The zero-order valence-electron chi connectivity index (χ0n) is 14.4. The molecular weight excluding hydrogens is 326 g/mol. The number of nitrogens with zero attached hydrogens (tertiary/aromatic N) is 3. The summed E-state index contributed by atoms with van der Waals surface area (Å²) in [6, 6.07) is 17.9. The fourth-order valence-corrected chi connectivity index (χ4v) is 2.81. The fourth-order valence-electron chi connectivity index (χ4n) is 2.81. The Kier molecular flexibility index (Phi) is 3.82. The lowest BCUT2D eigenvalue weighted by Crippen LogP contribution is -1.94. The third-order valence-electron chi connectivity index (χ3n) is 4.23. The normalized spacial score (nSPS) is 10.7. The van der Waals surface area contributed by atoms with Gasteiger partial charge < -0.3 is 10.1 Å². The number of nitriles is 1. The van der Waals surface area contributed by atoms with Gasteiger partial charge in [0.25, 0.3) is 0 Å². The van der Waals surface area contributed by atoms with Crippen molar-refractivity contribution in [2.75, 3.05) is 12.4 Å². The van der Waals surface area contributed by atoms with Gasteiger partial charge in [-0.1, -0.05) is 17.7 Å². The molecule has 0 aliphatic carbocycles. The first-order valence-corrected chi connectivity index (χ1v) is 8.17. The highest BCUT2D eigenvalue weighted by molar-refractivity contribution is 5.75. The van der Waals surface area contributed by atoms with Gasteiger partial charge in [-0.25, -0.2) is 9.50 Å². The molecular formula is C20H17N5O. The number of hydrogen-bond acceptors (Lipinski definition) is 4. The molecule has 0 aliphatic rings. The Hall–Kier alpha value is -3.72. The van der Waals surface area contributed by atoms with E-state index < -0.39 is 0 Å². The second kappa shape index (κ2) is 6.30. The van der Waals surface area contributed by atoms with Gasteiger partial charge in [0, 0.05) is 11.3 Å². The number of hydrogen-bond donors (Lipinski definition) is 2. The molecule has 2 N–H and O–H groups in total. The van der Waals surface area contributed by atoms with Crippen molar-refractivity contribution >= 4 is 17.2 Å². The predicted molar refractivity (Wildman–Crippen MR) is 101 cm³/mol. The predicted octanol–water partition coefficient (Wildman–Crippen LogP) is 4.26. The molecule has 0 saturated carbocycles. The van der Waals surface area contributed by atoms with Crippen LogP contribution in [-0.4, -0.2) is 21.7 Å². The number of methoxy groups -OCH3 is 1. The zero-order valence-corrected chi connectivity index (χ0v) is 14.4. The number of aryl methyl sites for hydroxylation is 1. The van der Waals surface area contributed by atoms with Crippen LogP contribution in [0.3, 0.4) is 0 Å². The van der Waals surface area contributed by atoms with Crippen LogP contribution in [0, 0.1) is 18.3 Å². The lowest BCUT2D eigenvalue weighted by molar-refractivity contribution is 0.415. The van der Waals surface area contributed by atoms with E-state index in [4.69, 9.17) is 4.74 Å². The first-order chi connectivity index (χ1) is 12.7. The van der Waals surface area contributed by atoms with Gasteiger partial charge in [0.1, 0.15) is 23.2 Å². The van der Waals surface area contributed by atoms with E-state index in [9.17, 15) is 5.26 Å². The van der Waals surface area contributed by atoms with Crippen LogP contribution in [0.4, 0.5) is 11.5 Å². The van der Waals surface area contributed by atoms with Crippen molar-refractivity contribution in [2.45, 2.75) is 6.92 Å². The van der Waals surface area contributed by atoms with Crippen molar-refractivity contribution in [3.8, 4) is 23.1 Å². The quantitative estimate of drug-likeness (QED) is 0.580. The van der Waals surface area contributed by atoms with E-state index in [0.29, 0.717) is 17.0 Å². The van der Waals surface area contributed by atoms with E-state index in [-0.39, 0.29) is 0 Å². The summed E-state index contributed by atoms with van der Waals surface area (Å²) in [6.45, 7) is 2.04. The first-order valence-electron chi connectivity index (χ1n) is 8.17. The molecule has 0 radical (unpaired) electrons. The molecule has 0 amide bonds. The lowest BCUT2D eigenvalue weighted by atomic mass is 10.2. The number of ether oxygens (including phenoxy) is 1. The van der Waals surface area contributed by atoms with E-state index >= 15 is 0 Å². The number of H-pyrrole nitrogens is 1. The second-order valence-corrected chi connectivity index (χ2v) is 6.01. The van der Waals surface area contributed by atoms with Gasteiger partial charge in [0.05, 0.1) is 19.0 Å². The van der Waals surface area contributed by atoms with Crippen LogP contribution >= 0.6 is 0 Å². The maximum atomic E-state index is 9.60. The summed E-state index contributed by atoms with van der Waals surface area (Å²) in [4.78, 5) is 4.61. The van der Waals surface area contributed by atoms with E-state index in [0.717, 1.165) is 22.7 Å². The molecule has 6 heteroatoms. The number of aromatic nitrogens is 3. The number of rotatable bonds is 4. The van der Waals surface area contributed by atoms with Crippen LogP contribution in [0.15, 0.2) is 54.7 Å². The summed E-state index contributed by atoms with van der Waals surface area (Å²) in [5.41, 5.74) is 4.91. The van der Waals surface area contributed by atoms with Crippen molar-refractivity contribution < 1.29 is 4.74 Å². The first kappa shape index (κ1) is 15.8. The fraction of sp³-hybridized carbons (Fsp3) is 0.100. The molecule has 26 heavy (non-hydrogen) atoms. The molecule has 0 atom stereocenters. The topological polar surface area (TPSA) is 78.1 Å². The van der Waals surface area contributed by atoms with Gasteiger partial charge in [-0.15, -0.1) is 0 Å². The maximum Gasteiger partial charge on any atom is 0.173 e. The number of fused-ring (bicyclic) bond motifs is 1. The number of nitrogens with one attached hydrogen (secondary N) is 2. The molecule has 2 aromatic carbocycles. The number of imidazole rings is 1. The Labute approximate surface area is 150 Å². The highest BCUT2D eigenvalue weighted by atomic mass is 16.5. The maximum absolute atomic E-state index is 9.60. The summed E-state index contributed by atoms with van der Waals surface area (Å²) >= 11 is 0. The third kappa shape index (κ3) is 2.76. The van der Waals surface area contributed by atoms with Crippen LogP contribution in [-0.2, 0) is 0 Å². The Morgan fingerprint density at radius 1 is 1.12 bits per heavy atom. The van der Waals surface area contributed by atoms with E-state index in [1.807, 2.05) is 61.7 Å². The van der Waals surface area contributed by atoms with Crippen molar-refractivity contribution in [3.05, 3.63) is 65.9 Å². The van der Waals surface area contributed by atoms with Gasteiger partial charge in [0.15, 0.2) is 5.65 Å². The van der Waals surface area contributed by atoms with Gasteiger partial charge in [-0.3, -0.25) is 5.10 Å². The Morgan fingerprint density at radius 3 is 2.50 bits per heavy atom. The molecule has 0 saturated heterocycles. The highest BCUT2D eigenvalue weighted by Gasteiger charge is 2.15. The van der Waals surface area contributed by atoms with E-state index in [2.05, 4.69) is 21.5 Å². The van der Waals surface area contributed by atoms with Crippen molar-refractivity contribution in [3.63, 3.8) is 0 Å². The molecule has 0 bridgehead atoms. The van der Waals surface area contributed by atoms with Crippen LogP contribution in [0.1, 0.15) is 11.1 Å². The molecule has 2 heterocycles. The summed E-state index contributed by atoms with van der Waals surface area (Å²) in [5, 5.41) is 16.0. The highest BCUT2D eigenvalue weighted by Crippen LogP contribution is 2.27. The minimum atomic E-state index is 0.477. The largest absolute Gasteiger partial charge is 0.497 e. The van der Waals surface area contributed by atoms with Gasteiger partial charge in [0.2, 0.25) is 0 Å². The van der Waals surface area contributed by atoms with Crippen LogP contribution < -0.4 is 10.1 Å². The number of aromatic amines is 1. The van der Waals surface area contributed by atoms with Gasteiger partial charge in [-0.2, -0.15) is 5.26 Å². The Bertz CT molecular complexity index is 1100. The lowest BCUT2D eigenvalue weighted by Gasteiger charge is -2.04. The molecule has 4 rings (SSSR count).